The Morgan fingerprint density at radius 3 is 2.64 bits per heavy atom. The number of hydrogen-bond acceptors (Lipinski definition) is 3. The van der Waals surface area contributed by atoms with Crippen molar-refractivity contribution in [3.63, 3.8) is 0 Å². The molecule has 2 aromatic rings. The van der Waals surface area contributed by atoms with E-state index in [4.69, 9.17) is 4.74 Å². The minimum atomic E-state index is -0.565. The first kappa shape index (κ1) is 19.2. The lowest BCUT2D eigenvalue weighted by molar-refractivity contribution is 0.322. The molecule has 0 unspecified atom stereocenters. The van der Waals surface area contributed by atoms with Gasteiger partial charge >= 0.3 is 0 Å². The monoisotopic (exact) mass is 454 g/mol. The molecule has 0 spiro atoms. The van der Waals surface area contributed by atoms with E-state index >= 15 is 0 Å². The Labute approximate surface area is 159 Å². The van der Waals surface area contributed by atoms with Crippen molar-refractivity contribution in [1.29, 1.82) is 5.26 Å². The maximum absolute atomic E-state index is 14.0. The highest BCUT2D eigenvalue weighted by molar-refractivity contribution is 14.1. The molecule has 0 atom stereocenters. The Balaban J connectivity index is 2.28. The first-order valence-corrected chi connectivity index (χ1v) is 8.70. The maximum Gasteiger partial charge on any atom is 0.147 e. The molecule has 2 rings (SSSR count). The van der Waals surface area contributed by atoms with Gasteiger partial charge in [0.1, 0.15) is 29.0 Å². The van der Waals surface area contributed by atoms with Gasteiger partial charge in [-0.15, -0.1) is 0 Å². The SMILES string of the molecule is CC(C)=CCCOc1cc(F)cc(Nc2ccc(I)cc2F)c1C#N. The number of nitrogens with one attached hydrogen (secondary N) is 1. The van der Waals surface area contributed by atoms with Crippen LogP contribution in [0.2, 0.25) is 0 Å². The summed E-state index contributed by atoms with van der Waals surface area (Å²) in [6.07, 6.45) is 2.64. The van der Waals surface area contributed by atoms with E-state index in [1.165, 1.54) is 6.07 Å². The van der Waals surface area contributed by atoms with Crippen molar-refractivity contribution in [2.75, 3.05) is 11.9 Å². The standard InChI is InChI=1S/C19H17F2IN2O/c1-12(2)4-3-7-25-19-9-13(20)8-18(15(19)11-23)24-17-6-5-14(22)10-16(17)21/h4-6,8-10,24H,3,7H2,1-2H3. The Bertz CT molecular complexity index is 840. The fraction of sp³-hybridized carbons (Fsp3) is 0.211. The molecule has 0 aliphatic rings. The van der Waals surface area contributed by atoms with E-state index in [0.29, 0.717) is 13.0 Å². The minimum Gasteiger partial charge on any atom is -0.492 e. The normalized spacial score (nSPS) is 10.1. The molecule has 0 aliphatic heterocycles. The Kier molecular flexibility index (Phi) is 6.76. The highest BCUT2D eigenvalue weighted by Gasteiger charge is 2.14. The third-order valence-electron chi connectivity index (χ3n) is 3.31. The molecule has 0 aliphatic carbocycles. The maximum atomic E-state index is 14.0. The van der Waals surface area contributed by atoms with Crippen LogP contribution in [0.1, 0.15) is 25.8 Å². The van der Waals surface area contributed by atoms with Crippen molar-refractivity contribution < 1.29 is 13.5 Å². The van der Waals surface area contributed by atoms with E-state index in [2.05, 4.69) is 5.32 Å². The van der Waals surface area contributed by atoms with Gasteiger partial charge in [0.05, 0.1) is 18.0 Å². The highest BCUT2D eigenvalue weighted by atomic mass is 127. The van der Waals surface area contributed by atoms with Crippen molar-refractivity contribution in [2.45, 2.75) is 20.3 Å². The molecular formula is C19H17F2IN2O. The Morgan fingerprint density at radius 1 is 1.24 bits per heavy atom. The fourth-order valence-electron chi connectivity index (χ4n) is 2.16. The van der Waals surface area contributed by atoms with Gasteiger partial charge in [0.25, 0.3) is 0 Å². The zero-order valence-electron chi connectivity index (χ0n) is 13.9. The van der Waals surface area contributed by atoms with Crippen LogP contribution < -0.4 is 10.1 Å². The number of nitriles is 1. The van der Waals surface area contributed by atoms with Crippen LogP contribution in [0.3, 0.4) is 0 Å². The van der Waals surface area contributed by atoms with Gasteiger partial charge in [-0.1, -0.05) is 11.6 Å². The van der Waals surface area contributed by atoms with E-state index < -0.39 is 11.6 Å². The van der Waals surface area contributed by atoms with Crippen LogP contribution >= 0.6 is 22.6 Å². The predicted molar refractivity (Wildman–Crippen MR) is 103 cm³/mol. The summed E-state index contributed by atoms with van der Waals surface area (Å²) < 4.78 is 34.2. The average molecular weight is 454 g/mol. The van der Waals surface area contributed by atoms with Crippen LogP contribution in [0.15, 0.2) is 42.0 Å². The lowest BCUT2D eigenvalue weighted by Gasteiger charge is -2.13. The van der Waals surface area contributed by atoms with E-state index in [9.17, 15) is 14.0 Å². The number of anilines is 2. The van der Waals surface area contributed by atoms with E-state index in [1.807, 2.05) is 48.6 Å². The second-order valence-corrected chi connectivity index (χ2v) is 6.85. The molecule has 2 aromatic carbocycles. The van der Waals surface area contributed by atoms with Crippen LogP contribution in [0.25, 0.3) is 0 Å². The quantitative estimate of drug-likeness (QED) is 0.335. The highest BCUT2D eigenvalue weighted by Crippen LogP contribution is 2.31. The first-order chi connectivity index (χ1) is 11.9. The van der Waals surface area contributed by atoms with E-state index in [-0.39, 0.29) is 22.7 Å². The summed E-state index contributed by atoms with van der Waals surface area (Å²) in [5.41, 5.74) is 1.62. The van der Waals surface area contributed by atoms with Gasteiger partial charge in [-0.25, -0.2) is 8.78 Å². The lowest BCUT2D eigenvalue weighted by Crippen LogP contribution is -2.03. The van der Waals surface area contributed by atoms with Crippen molar-refractivity contribution in [1.82, 2.24) is 0 Å². The number of rotatable bonds is 6. The first-order valence-electron chi connectivity index (χ1n) is 7.62. The molecule has 0 bridgehead atoms. The van der Waals surface area contributed by atoms with Crippen LogP contribution in [-0.4, -0.2) is 6.61 Å². The summed E-state index contributed by atoms with van der Waals surface area (Å²) in [5.74, 6) is -0.909. The number of nitrogens with zero attached hydrogens (tertiary/aromatic N) is 1. The zero-order valence-corrected chi connectivity index (χ0v) is 16.0. The molecule has 0 saturated heterocycles. The third kappa shape index (κ3) is 5.43. The van der Waals surface area contributed by atoms with Gasteiger partial charge in [0.2, 0.25) is 0 Å². The number of allylic oxidation sites excluding steroid dienone is 1. The number of benzene rings is 2. The zero-order chi connectivity index (χ0) is 18.4. The third-order valence-corrected chi connectivity index (χ3v) is 3.98. The molecule has 130 valence electrons. The number of ether oxygens (including phenoxy) is 1. The summed E-state index contributed by atoms with van der Waals surface area (Å²) in [6.45, 7) is 4.27. The summed E-state index contributed by atoms with van der Waals surface area (Å²) in [7, 11) is 0. The van der Waals surface area contributed by atoms with Gasteiger partial charge in [-0.3, -0.25) is 0 Å². The van der Waals surface area contributed by atoms with Gasteiger partial charge in [0, 0.05) is 9.64 Å². The second kappa shape index (κ2) is 8.81. The van der Waals surface area contributed by atoms with Gasteiger partial charge < -0.3 is 10.1 Å². The Hall–Kier alpha value is -2.14. The molecule has 0 radical (unpaired) electrons. The van der Waals surface area contributed by atoms with Crippen molar-refractivity contribution >= 4 is 34.0 Å². The largest absolute Gasteiger partial charge is 0.492 e. The van der Waals surface area contributed by atoms with Crippen molar-refractivity contribution in [3.8, 4) is 11.8 Å². The summed E-state index contributed by atoms with van der Waals surface area (Å²) >= 11 is 2.00. The molecule has 0 aromatic heterocycles. The molecule has 6 heteroatoms. The van der Waals surface area contributed by atoms with Crippen molar-refractivity contribution in [3.05, 3.63) is 62.7 Å². The van der Waals surface area contributed by atoms with Gasteiger partial charge in [-0.05, 0) is 67.1 Å². The topological polar surface area (TPSA) is 45.0 Å². The molecule has 0 amide bonds. The van der Waals surface area contributed by atoms with Crippen LogP contribution in [0.4, 0.5) is 20.2 Å². The lowest BCUT2D eigenvalue weighted by atomic mass is 10.1. The smallest absolute Gasteiger partial charge is 0.147 e. The van der Waals surface area contributed by atoms with Crippen LogP contribution in [0.5, 0.6) is 5.75 Å². The van der Waals surface area contributed by atoms with Gasteiger partial charge in [-0.2, -0.15) is 5.26 Å². The molecule has 1 N–H and O–H groups in total. The summed E-state index contributed by atoms with van der Waals surface area (Å²) in [6, 6.07) is 8.92. The molecule has 0 saturated carbocycles. The molecule has 3 nitrogen and oxygen atoms in total. The van der Waals surface area contributed by atoms with Crippen molar-refractivity contribution in [2.24, 2.45) is 0 Å². The summed E-state index contributed by atoms with van der Waals surface area (Å²) in [5, 5.41) is 12.2. The molecular weight excluding hydrogens is 437 g/mol. The fourth-order valence-corrected chi connectivity index (χ4v) is 2.62. The van der Waals surface area contributed by atoms with Crippen LogP contribution in [0, 0.1) is 26.5 Å². The predicted octanol–water partition coefficient (Wildman–Crippen LogP) is 5.92. The van der Waals surface area contributed by atoms with Gasteiger partial charge in [0.15, 0.2) is 0 Å². The average Bonchev–Trinajstić information content (AvgIpc) is 2.54. The number of hydrogen-bond donors (Lipinski definition) is 1. The summed E-state index contributed by atoms with van der Waals surface area (Å²) in [4.78, 5) is 0. The Morgan fingerprint density at radius 2 is 2.00 bits per heavy atom. The molecule has 25 heavy (non-hydrogen) atoms. The minimum absolute atomic E-state index is 0.136. The number of halogens is 3. The molecule has 0 heterocycles. The van der Waals surface area contributed by atoms with E-state index in [1.54, 1.807) is 12.1 Å². The van der Waals surface area contributed by atoms with E-state index in [0.717, 1.165) is 21.3 Å². The second-order valence-electron chi connectivity index (χ2n) is 5.61. The molecule has 0 fully saturated rings. The van der Waals surface area contributed by atoms with Crippen LogP contribution in [-0.2, 0) is 0 Å².